The van der Waals surface area contributed by atoms with E-state index in [-0.39, 0.29) is 0 Å². The Hall–Kier alpha value is -1.11. The van der Waals surface area contributed by atoms with E-state index in [1.54, 1.807) is 13.0 Å². The minimum Gasteiger partial charge on any atom is -0.305 e. The zero-order chi connectivity index (χ0) is 8.85. The summed E-state index contributed by atoms with van der Waals surface area (Å²) in [6, 6.07) is 0. The first-order valence-corrected chi connectivity index (χ1v) is 3.64. The Labute approximate surface area is 68.6 Å². The quantitative estimate of drug-likeness (QED) is 0.471. The molecule has 0 atom stereocenters. The fraction of sp³-hybridized carbons (Fsp3) is 0.300. The largest absolute Gasteiger partial charge is 0.305 e. The molecule has 0 aromatic carbocycles. The maximum atomic E-state index is 7.37. The average molecular weight is 149 g/mol. The van der Waals surface area contributed by atoms with E-state index in [4.69, 9.17) is 5.41 Å². The van der Waals surface area contributed by atoms with Crippen molar-refractivity contribution in [1.82, 2.24) is 0 Å². The molecule has 0 spiro atoms. The summed E-state index contributed by atoms with van der Waals surface area (Å²) < 4.78 is 0. The highest BCUT2D eigenvalue weighted by Gasteiger charge is 1.92. The van der Waals surface area contributed by atoms with Crippen LogP contribution in [0, 0.1) is 5.41 Å². The Kier molecular flexibility index (Phi) is 4.20. The SMILES string of the molecule is C=C/C(C)=C\C(=C/C)C(C)=N. The summed E-state index contributed by atoms with van der Waals surface area (Å²) in [7, 11) is 0. The lowest BCUT2D eigenvalue weighted by molar-refractivity contribution is 1.43. The van der Waals surface area contributed by atoms with Gasteiger partial charge in [-0.2, -0.15) is 0 Å². The van der Waals surface area contributed by atoms with Crippen LogP contribution in [0.15, 0.2) is 36.0 Å². The van der Waals surface area contributed by atoms with Gasteiger partial charge in [-0.05, 0) is 26.3 Å². The number of rotatable bonds is 3. The summed E-state index contributed by atoms with van der Waals surface area (Å²) in [6.45, 7) is 9.32. The predicted octanol–water partition coefficient (Wildman–Crippen LogP) is 3.10. The van der Waals surface area contributed by atoms with Crippen molar-refractivity contribution < 1.29 is 0 Å². The molecule has 0 aromatic heterocycles. The van der Waals surface area contributed by atoms with Crippen LogP contribution in [0.3, 0.4) is 0 Å². The van der Waals surface area contributed by atoms with Crippen LogP contribution >= 0.6 is 0 Å². The van der Waals surface area contributed by atoms with Gasteiger partial charge in [-0.1, -0.05) is 30.4 Å². The van der Waals surface area contributed by atoms with Crippen molar-refractivity contribution in [3.8, 4) is 0 Å². The van der Waals surface area contributed by atoms with Gasteiger partial charge in [-0.25, -0.2) is 0 Å². The van der Waals surface area contributed by atoms with Gasteiger partial charge in [0.15, 0.2) is 0 Å². The molecule has 0 unspecified atom stereocenters. The molecule has 0 radical (unpaired) electrons. The molecule has 0 saturated heterocycles. The smallest absolute Gasteiger partial charge is 0.0352 e. The van der Waals surface area contributed by atoms with Crippen molar-refractivity contribution in [3.63, 3.8) is 0 Å². The average Bonchev–Trinajstić information content (AvgIpc) is 1.99. The highest BCUT2D eigenvalue weighted by Crippen LogP contribution is 2.04. The summed E-state index contributed by atoms with van der Waals surface area (Å²) in [6.07, 6.45) is 5.66. The molecule has 0 aliphatic rings. The van der Waals surface area contributed by atoms with Crippen molar-refractivity contribution in [2.75, 3.05) is 0 Å². The standard InChI is InChI=1S/C10H15N/c1-5-8(3)7-10(6-2)9(4)11/h5-7,11H,1H2,2-4H3/b8-7-,10-6+,11-9?. The zero-order valence-electron chi connectivity index (χ0n) is 7.44. The van der Waals surface area contributed by atoms with E-state index in [9.17, 15) is 0 Å². The second-order valence-electron chi connectivity index (χ2n) is 2.46. The Morgan fingerprint density at radius 3 is 2.18 bits per heavy atom. The highest BCUT2D eigenvalue weighted by atomic mass is 14.4. The van der Waals surface area contributed by atoms with E-state index in [2.05, 4.69) is 6.58 Å². The van der Waals surface area contributed by atoms with E-state index in [1.807, 2.05) is 26.0 Å². The van der Waals surface area contributed by atoms with Crippen molar-refractivity contribution in [1.29, 1.82) is 5.41 Å². The third-order valence-electron chi connectivity index (χ3n) is 1.45. The van der Waals surface area contributed by atoms with Crippen molar-refractivity contribution >= 4 is 5.71 Å². The van der Waals surface area contributed by atoms with E-state index < -0.39 is 0 Å². The van der Waals surface area contributed by atoms with Gasteiger partial charge in [0.1, 0.15) is 0 Å². The fourth-order valence-corrected chi connectivity index (χ4v) is 0.712. The first-order chi connectivity index (χ1) is 5.11. The Bertz CT molecular complexity index is 219. The van der Waals surface area contributed by atoms with Crippen molar-refractivity contribution in [3.05, 3.63) is 36.0 Å². The molecule has 0 aromatic rings. The van der Waals surface area contributed by atoms with Crippen LogP contribution in [-0.2, 0) is 0 Å². The Morgan fingerprint density at radius 1 is 1.36 bits per heavy atom. The maximum Gasteiger partial charge on any atom is 0.0352 e. The van der Waals surface area contributed by atoms with Crippen LogP contribution in [-0.4, -0.2) is 5.71 Å². The van der Waals surface area contributed by atoms with Crippen LogP contribution in [0.2, 0.25) is 0 Å². The molecular formula is C10H15N. The lowest BCUT2D eigenvalue weighted by Gasteiger charge is -1.97. The molecule has 11 heavy (non-hydrogen) atoms. The molecule has 0 fully saturated rings. The molecule has 0 saturated carbocycles. The van der Waals surface area contributed by atoms with Gasteiger partial charge in [0, 0.05) is 5.71 Å². The van der Waals surface area contributed by atoms with Gasteiger partial charge in [-0.15, -0.1) is 0 Å². The van der Waals surface area contributed by atoms with Crippen molar-refractivity contribution in [2.45, 2.75) is 20.8 Å². The highest BCUT2D eigenvalue weighted by molar-refractivity contribution is 5.98. The second-order valence-corrected chi connectivity index (χ2v) is 2.46. The topological polar surface area (TPSA) is 23.9 Å². The molecule has 1 heteroatoms. The molecule has 1 N–H and O–H groups in total. The summed E-state index contributed by atoms with van der Waals surface area (Å²) in [4.78, 5) is 0. The third kappa shape index (κ3) is 3.56. The van der Waals surface area contributed by atoms with Gasteiger partial charge >= 0.3 is 0 Å². The lowest BCUT2D eigenvalue weighted by atomic mass is 10.1. The van der Waals surface area contributed by atoms with Gasteiger partial charge in [0.25, 0.3) is 0 Å². The van der Waals surface area contributed by atoms with Crippen LogP contribution in [0.4, 0.5) is 0 Å². The van der Waals surface area contributed by atoms with Gasteiger partial charge < -0.3 is 5.41 Å². The second kappa shape index (κ2) is 4.67. The molecule has 0 heterocycles. The predicted molar refractivity (Wildman–Crippen MR) is 51.1 cm³/mol. The van der Waals surface area contributed by atoms with Crippen LogP contribution in [0.1, 0.15) is 20.8 Å². The minimum absolute atomic E-state index is 0.591. The van der Waals surface area contributed by atoms with Gasteiger partial charge in [0.2, 0.25) is 0 Å². The molecule has 0 amide bonds. The number of hydrogen-bond donors (Lipinski definition) is 1. The van der Waals surface area contributed by atoms with Gasteiger partial charge in [-0.3, -0.25) is 0 Å². The molecule has 0 rings (SSSR count). The number of allylic oxidation sites excluding steroid dienone is 5. The van der Waals surface area contributed by atoms with E-state index in [0.29, 0.717) is 5.71 Å². The zero-order valence-corrected chi connectivity index (χ0v) is 7.44. The first-order valence-electron chi connectivity index (χ1n) is 3.64. The molecule has 0 bridgehead atoms. The number of nitrogens with one attached hydrogen (secondary N) is 1. The van der Waals surface area contributed by atoms with Gasteiger partial charge in [0.05, 0.1) is 0 Å². The monoisotopic (exact) mass is 149 g/mol. The van der Waals surface area contributed by atoms with Crippen LogP contribution in [0.5, 0.6) is 0 Å². The first kappa shape index (κ1) is 9.89. The summed E-state index contributed by atoms with van der Waals surface area (Å²) in [5, 5.41) is 7.37. The molecule has 1 nitrogen and oxygen atoms in total. The third-order valence-corrected chi connectivity index (χ3v) is 1.45. The Balaban J connectivity index is 4.57. The summed E-state index contributed by atoms with van der Waals surface area (Å²) >= 11 is 0. The summed E-state index contributed by atoms with van der Waals surface area (Å²) in [5.74, 6) is 0. The maximum absolute atomic E-state index is 7.37. The van der Waals surface area contributed by atoms with Crippen LogP contribution < -0.4 is 0 Å². The molecule has 60 valence electrons. The molecule has 0 aliphatic heterocycles. The normalized spacial score (nSPS) is 13.0. The minimum atomic E-state index is 0.591. The van der Waals surface area contributed by atoms with E-state index in [0.717, 1.165) is 11.1 Å². The van der Waals surface area contributed by atoms with E-state index >= 15 is 0 Å². The molecular weight excluding hydrogens is 134 g/mol. The molecule has 0 aliphatic carbocycles. The van der Waals surface area contributed by atoms with Crippen molar-refractivity contribution in [2.24, 2.45) is 0 Å². The Morgan fingerprint density at radius 2 is 1.91 bits per heavy atom. The van der Waals surface area contributed by atoms with E-state index in [1.165, 1.54) is 0 Å². The van der Waals surface area contributed by atoms with Crippen LogP contribution in [0.25, 0.3) is 0 Å². The number of hydrogen-bond acceptors (Lipinski definition) is 1. The lowest BCUT2D eigenvalue weighted by Crippen LogP contribution is -1.91. The fourth-order valence-electron chi connectivity index (χ4n) is 0.712. The summed E-state index contributed by atoms with van der Waals surface area (Å²) in [5.41, 5.74) is 2.64.